The Bertz CT molecular complexity index is 67.1. The SMILES string of the molecule is CCCCCCOCCCC.[Cl-].[Cl-].[Mg+2]. The molecule has 0 saturated carbocycles. The van der Waals surface area contributed by atoms with E-state index in [2.05, 4.69) is 13.8 Å². The zero-order valence-electron chi connectivity index (χ0n) is 9.53. The largest absolute Gasteiger partial charge is 2.00 e. The van der Waals surface area contributed by atoms with Crippen molar-refractivity contribution in [3.05, 3.63) is 0 Å². The predicted octanol–water partition coefficient (Wildman–Crippen LogP) is -2.99. The first-order chi connectivity index (χ1) is 5.41. The van der Waals surface area contributed by atoms with Gasteiger partial charge in [-0.15, -0.1) is 0 Å². The van der Waals surface area contributed by atoms with Crippen LogP contribution in [-0.2, 0) is 4.74 Å². The summed E-state index contributed by atoms with van der Waals surface area (Å²) >= 11 is 0. The Hall–Kier alpha value is 1.31. The molecule has 4 heteroatoms. The van der Waals surface area contributed by atoms with Crippen molar-refractivity contribution in [2.75, 3.05) is 13.2 Å². The molecule has 14 heavy (non-hydrogen) atoms. The van der Waals surface area contributed by atoms with Crippen LogP contribution < -0.4 is 24.8 Å². The monoisotopic (exact) mass is 252 g/mol. The first-order valence-corrected chi connectivity index (χ1v) is 4.99. The Balaban J connectivity index is -0.000000167. The molecule has 0 aliphatic rings. The second kappa shape index (κ2) is 23.8. The van der Waals surface area contributed by atoms with E-state index in [0.29, 0.717) is 0 Å². The van der Waals surface area contributed by atoms with Crippen molar-refractivity contribution < 1.29 is 29.6 Å². The molecule has 0 aliphatic heterocycles. The third kappa shape index (κ3) is 23.3. The van der Waals surface area contributed by atoms with Crippen molar-refractivity contribution in [2.45, 2.75) is 52.4 Å². The van der Waals surface area contributed by atoms with Gasteiger partial charge in [-0.3, -0.25) is 0 Å². The molecule has 0 aromatic rings. The molecule has 0 heterocycles. The molecule has 1 nitrogen and oxygen atoms in total. The van der Waals surface area contributed by atoms with E-state index < -0.39 is 0 Å². The molecule has 0 atom stereocenters. The summed E-state index contributed by atoms with van der Waals surface area (Å²) in [6.07, 6.45) is 7.72. The molecule has 84 valence electrons. The van der Waals surface area contributed by atoms with E-state index in [1.807, 2.05) is 0 Å². The maximum Gasteiger partial charge on any atom is 2.00 e. The molecule has 0 spiro atoms. The van der Waals surface area contributed by atoms with E-state index in [1.165, 1.54) is 38.5 Å². The molecule has 0 radical (unpaired) electrons. The zero-order chi connectivity index (χ0) is 8.36. The molecular formula is C10H22Cl2MgO. The Kier molecular flexibility index (Phi) is 41.7. The van der Waals surface area contributed by atoms with Gasteiger partial charge in [-0.25, -0.2) is 0 Å². The summed E-state index contributed by atoms with van der Waals surface area (Å²) < 4.78 is 5.42. The fraction of sp³-hybridized carbons (Fsp3) is 1.00. The fourth-order valence-corrected chi connectivity index (χ4v) is 0.979. The standard InChI is InChI=1S/C10H22O.2ClH.Mg/c1-3-5-7-8-10-11-9-6-4-2;;;/h3-10H2,1-2H3;2*1H;/q;;;+2/p-2. The maximum absolute atomic E-state index is 5.42. The van der Waals surface area contributed by atoms with E-state index in [-0.39, 0.29) is 47.9 Å². The minimum atomic E-state index is 0. The second-order valence-electron chi connectivity index (χ2n) is 3.03. The van der Waals surface area contributed by atoms with Crippen LogP contribution in [0.3, 0.4) is 0 Å². The van der Waals surface area contributed by atoms with Crippen molar-refractivity contribution in [1.29, 1.82) is 0 Å². The summed E-state index contributed by atoms with van der Waals surface area (Å²) in [6, 6.07) is 0. The van der Waals surface area contributed by atoms with Crippen molar-refractivity contribution >= 4 is 23.1 Å². The van der Waals surface area contributed by atoms with Crippen molar-refractivity contribution in [3.8, 4) is 0 Å². The van der Waals surface area contributed by atoms with Crippen LogP contribution in [0.2, 0.25) is 0 Å². The summed E-state index contributed by atoms with van der Waals surface area (Å²) in [5, 5.41) is 0. The molecule has 0 saturated heterocycles. The summed E-state index contributed by atoms with van der Waals surface area (Å²) in [7, 11) is 0. The van der Waals surface area contributed by atoms with Gasteiger partial charge in [-0.1, -0.05) is 39.5 Å². The quantitative estimate of drug-likeness (QED) is 0.331. The maximum atomic E-state index is 5.42. The zero-order valence-corrected chi connectivity index (χ0v) is 12.5. The molecule has 0 bridgehead atoms. The molecule has 0 N–H and O–H groups in total. The number of unbranched alkanes of at least 4 members (excludes halogenated alkanes) is 4. The minimum absolute atomic E-state index is 0. The summed E-state index contributed by atoms with van der Waals surface area (Å²) in [6.45, 7) is 6.36. The topological polar surface area (TPSA) is 9.23 Å². The Morgan fingerprint density at radius 1 is 0.714 bits per heavy atom. The summed E-state index contributed by atoms with van der Waals surface area (Å²) in [5.41, 5.74) is 0. The van der Waals surface area contributed by atoms with Gasteiger partial charge < -0.3 is 29.6 Å². The van der Waals surface area contributed by atoms with Gasteiger partial charge in [0.05, 0.1) is 0 Å². The van der Waals surface area contributed by atoms with Gasteiger partial charge >= 0.3 is 23.1 Å². The molecule has 0 unspecified atom stereocenters. The second-order valence-corrected chi connectivity index (χ2v) is 3.03. The summed E-state index contributed by atoms with van der Waals surface area (Å²) in [5.74, 6) is 0. The molecule has 0 amide bonds. The van der Waals surface area contributed by atoms with Gasteiger partial charge in [-0.05, 0) is 12.8 Å². The van der Waals surface area contributed by atoms with Crippen molar-refractivity contribution in [2.24, 2.45) is 0 Å². The van der Waals surface area contributed by atoms with E-state index >= 15 is 0 Å². The molecule has 0 aromatic heterocycles. The number of ether oxygens (including phenoxy) is 1. The van der Waals surface area contributed by atoms with Gasteiger partial charge in [0, 0.05) is 13.2 Å². The predicted molar refractivity (Wildman–Crippen MR) is 55.6 cm³/mol. The van der Waals surface area contributed by atoms with Crippen LogP contribution in [0.1, 0.15) is 52.4 Å². The van der Waals surface area contributed by atoms with Crippen molar-refractivity contribution in [3.63, 3.8) is 0 Å². The van der Waals surface area contributed by atoms with Gasteiger partial charge in [0.15, 0.2) is 0 Å². The average Bonchev–Trinajstić information content (AvgIpc) is 2.03. The van der Waals surface area contributed by atoms with Crippen LogP contribution >= 0.6 is 0 Å². The Morgan fingerprint density at radius 2 is 1.21 bits per heavy atom. The summed E-state index contributed by atoms with van der Waals surface area (Å²) in [4.78, 5) is 0. The van der Waals surface area contributed by atoms with Gasteiger partial charge in [-0.2, -0.15) is 0 Å². The molecular weight excluding hydrogens is 231 g/mol. The van der Waals surface area contributed by atoms with E-state index in [0.717, 1.165) is 13.2 Å². The van der Waals surface area contributed by atoms with Crippen LogP contribution in [0.4, 0.5) is 0 Å². The molecule has 0 rings (SSSR count). The third-order valence-electron chi connectivity index (χ3n) is 1.78. The molecule has 0 fully saturated rings. The first kappa shape index (κ1) is 24.5. The van der Waals surface area contributed by atoms with Crippen LogP contribution in [0.15, 0.2) is 0 Å². The number of halogens is 2. The van der Waals surface area contributed by atoms with Crippen LogP contribution in [-0.4, -0.2) is 36.3 Å². The van der Waals surface area contributed by atoms with E-state index in [9.17, 15) is 0 Å². The van der Waals surface area contributed by atoms with Gasteiger partial charge in [0.25, 0.3) is 0 Å². The van der Waals surface area contributed by atoms with E-state index in [1.54, 1.807) is 0 Å². The smallest absolute Gasteiger partial charge is 1.00 e. The Morgan fingerprint density at radius 3 is 1.71 bits per heavy atom. The van der Waals surface area contributed by atoms with Gasteiger partial charge in [0.1, 0.15) is 0 Å². The minimum Gasteiger partial charge on any atom is -1.00 e. The third-order valence-corrected chi connectivity index (χ3v) is 1.78. The van der Waals surface area contributed by atoms with Gasteiger partial charge in [0.2, 0.25) is 0 Å². The average molecular weight is 253 g/mol. The number of hydrogen-bond acceptors (Lipinski definition) is 1. The van der Waals surface area contributed by atoms with Crippen LogP contribution in [0.25, 0.3) is 0 Å². The number of hydrogen-bond donors (Lipinski definition) is 0. The van der Waals surface area contributed by atoms with Crippen LogP contribution in [0, 0.1) is 0 Å². The van der Waals surface area contributed by atoms with Crippen molar-refractivity contribution in [1.82, 2.24) is 0 Å². The first-order valence-electron chi connectivity index (χ1n) is 4.99. The fourth-order valence-electron chi connectivity index (χ4n) is 0.979. The van der Waals surface area contributed by atoms with E-state index in [4.69, 9.17) is 4.74 Å². The Labute approximate surface area is 118 Å². The normalized spacial score (nSPS) is 8.14. The van der Waals surface area contributed by atoms with Crippen LogP contribution in [0.5, 0.6) is 0 Å². The molecule has 0 aromatic carbocycles. The number of rotatable bonds is 8. The molecule has 0 aliphatic carbocycles.